The Bertz CT molecular complexity index is 1080. The number of likely N-dealkylation sites (tertiary alicyclic amines) is 1. The number of aromatic nitrogens is 4. The molecule has 0 saturated carbocycles. The van der Waals surface area contributed by atoms with E-state index in [2.05, 4.69) is 37.2 Å². The van der Waals surface area contributed by atoms with Crippen molar-refractivity contribution >= 4 is 28.9 Å². The zero-order chi connectivity index (χ0) is 21.4. The summed E-state index contributed by atoms with van der Waals surface area (Å²) in [5.41, 5.74) is 3.60. The highest BCUT2D eigenvalue weighted by atomic mass is 35.5. The van der Waals surface area contributed by atoms with Gasteiger partial charge in [-0.1, -0.05) is 23.2 Å². The standard InChI is InChI=1S/C22H24Cl2N6O/c1-29-9-6-14(7-10-29)21-27-28-22(31-21)19-12-20-18(25-26-19)3-2-8-30(20)13-15-11-16(23)4-5-17(15)24/h4-5,11-12,14H,2-3,6-10,13H2,1H3. The van der Waals surface area contributed by atoms with Crippen molar-refractivity contribution in [3.8, 4) is 11.6 Å². The second-order valence-corrected chi connectivity index (χ2v) is 9.19. The summed E-state index contributed by atoms with van der Waals surface area (Å²) in [6.07, 6.45) is 3.97. The number of nitrogens with zero attached hydrogens (tertiary/aromatic N) is 6. The van der Waals surface area contributed by atoms with Gasteiger partial charge in [-0.15, -0.1) is 15.3 Å². The van der Waals surface area contributed by atoms with E-state index in [1.54, 1.807) is 6.07 Å². The van der Waals surface area contributed by atoms with Gasteiger partial charge in [0.05, 0.1) is 11.4 Å². The van der Waals surface area contributed by atoms with Gasteiger partial charge in [-0.05, 0) is 75.6 Å². The smallest absolute Gasteiger partial charge is 0.268 e. The SMILES string of the molecule is CN1CCC(c2nnc(-c3cc4c(nn3)CCCN4Cc3cc(Cl)ccc3Cl)o2)CC1. The molecule has 9 heteroatoms. The highest BCUT2D eigenvalue weighted by molar-refractivity contribution is 6.33. The van der Waals surface area contributed by atoms with Gasteiger partial charge >= 0.3 is 0 Å². The molecule has 7 nitrogen and oxygen atoms in total. The number of hydrogen-bond donors (Lipinski definition) is 0. The third-order valence-corrected chi connectivity index (χ3v) is 6.73. The van der Waals surface area contributed by atoms with Crippen molar-refractivity contribution < 1.29 is 4.42 Å². The summed E-state index contributed by atoms with van der Waals surface area (Å²) in [5.74, 6) is 1.44. The number of piperidine rings is 1. The van der Waals surface area contributed by atoms with Crippen molar-refractivity contribution in [1.29, 1.82) is 0 Å². The van der Waals surface area contributed by atoms with Crippen LogP contribution in [0.1, 0.15) is 42.3 Å². The molecule has 0 spiro atoms. The van der Waals surface area contributed by atoms with E-state index in [4.69, 9.17) is 27.6 Å². The average Bonchev–Trinajstić information content (AvgIpc) is 3.27. The Morgan fingerprint density at radius 1 is 1.03 bits per heavy atom. The van der Waals surface area contributed by atoms with E-state index in [1.807, 2.05) is 18.2 Å². The van der Waals surface area contributed by atoms with Gasteiger partial charge in [-0.25, -0.2) is 0 Å². The normalized spacial score (nSPS) is 17.7. The zero-order valence-corrected chi connectivity index (χ0v) is 18.9. The summed E-state index contributed by atoms with van der Waals surface area (Å²) in [7, 11) is 2.14. The Labute approximate surface area is 191 Å². The van der Waals surface area contributed by atoms with Crippen LogP contribution in [0.25, 0.3) is 11.6 Å². The van der Waals surface area contributed by atoms with E-state index < -0.39 is 0 Å². The molecule has 0 N–H and O–H groups in total. The molecule has 0 bridgehead atoms. The highest BCUT2D eigenvalue weighted by Crippen LogP contribution is 2.33. The number of benzene rings is 1. The molecule has 1 fully saturated rings. The van der Waals surface area contributed by atoms with Crippen LogP contribution in [-0.4, -0.2) is 52.0 Å². The lowest BCUT2D eigenvalue weighted by Crippen LogP contribution is -2.29. The van der Waals surface area contributed by atoms with Crippen molar-refractivity contribution in [1.82, 2.24) is 25.3 Å². The summed E-state index contributed by atoms with van der Waals surface area (Å²) in [6, 6.07) is 7.56. The van der Waals surface area contributed by atoms with Crippen LogP contribution < -0.4 is 4.90 Å². The van der Waals surface area contributed by atoms with E-state index in [-0.39, 0.29) is 0 Å². The van der Waals surface area contributed by atoms with Crippen LogP contribution in [0.3, 0.4) is 0 Å². The van der Waals surface area contributed by atoms with E-state index in [0.717, 1.165) is 62.3 Å². The summed E-state index contributed by atoms with van der Waals surface area (Å²) >= 11 is 12.6. The zero-order valence-electron chi connectivity index (χ0n) is 17.4. The maximum Gasteiger partial charge on any atom is 0.268 e. The molecule has 5 rings (SSSR count). The molecule has 0 atom stereocenters. The first kappa shape index (κ1) is 20.7. The Morgan fingerprint density at radius 3 is 2.71 bits per heavy atom. The van der Waals surface area contributed by atoms with Gasteiger partial charge in [-0.3, -0.25) is 0 Å². The number of rotatable bonds is 4. The van der Waals surface area contributed by atoms with Crippen LogP contribution in [0.5, 0.6) is 0 Å². The van der Waals surface area contributed by atoms with E-state index in [0.29, 0.717) is 40.0 Å². The predicted molar refractivity (Wildman–Crippen MR) is 121 cm³/mol. The molecular formula is C22H24Cl2N6O. The van der Waals surface area contributed by atoms with Gasteiger partial charge in [0.25, 0.3) is 5.89 Å². The fourth-order valence-electron chi connectivity index (χ4n) is 4.31. The minimum absolute atomic E-state index is 0.310. The van der Waals surface area contributed by atoms with Crippen molar-refractivity contribution in [3.05, 3.63) is 51.5 Å². The first-order valence-corrected chi connectivity index (χ1v) is 11.4. The summed E-state index contributed by atoms with van der Waals surface area (Å²) < 4.78 is 6.02. The summed E-state index contributed by atoms with van der Waals surface area (Å²) in [4.78, 5) is 4.59. The van der Waals surface area contributed by atoms with E-state index >= 15 is 0 Å². The first-order valence-electron chi connectivity index (χ1n) is 10.6. The van der Waals surface area contributed by atoms with Gasteiger partial charge in [-0.2, -0.15) is 5.10 Å². The Kier molecular flexibility index (Phi) is 5.82. The minimum atomic E-state index is 0.310. The maximum absolute atomic E-state index is 6.41. The molecule has 162 valence electrons. The fourth-order valence-corrected chi connectivity index (χ4v) is 4.69. The van der Waals surface area contributed by atoms with Crippen molar-refractivity contribution in [2.45, 2.75) is 38.1 Å². The molecule has 0 radical (unpaired) electrons. The van der Waals surface area contributed by atoms with Gasteiger partial charge in [0.1, 0.15) is 0 Å². The molecule has 2 aliphatic rings. The summed E-state index contributed by atoms with van der Waals surface area (Å²) in [5, 5.41) is 18.8. The number of hydrogen-bond acceptors (Lipinski definition) is 7. The van der Waals surface area contributed by atoms with Crippen LogP contribution in [0.2, 0.25) is 10.0 Å². The van der Waals surface area contributed by atoms with Crippen molar-refractivity contribution in [2.24, 2.45) is 0 Å². The fraction of sp³-hybridized carbons (Fsp3) is 0.455. The number of aryl methyl sites for hydroxylation is 1. The van der Waals surface area contributed by atoms with Crippen molar-refractivity contribution in [2.75, 3.05) is 31.6 Å². The molecule has 3 aromatic rings. The molecule has 0 aliphatic carbocycles. The molecule has 1 aromatic carbocycles. The molecule has 4 heterocycles. The molecule has 2 aliphatic heterocycles. The van der Waals surface area contributed by atoms with Crippen LogP contribution in [0.4, 0.5) is 5.69 Å². The molecule has 31 heavy (non-hydrogen) atoms. The van der Waals surface area contributed by atoms with Gasteiger partial charge in [0, 0.05) is 29.1 Å². The maximum atomic E-state index is 6.41. The number of fused-ring (bicyclic) bond motifs is 1. The molecule has 0 unspecified atom stereocenters. The topological polar surface area (TPSA) is 71.2 Å². The minimum Gasteiger partial charge on any atom is -0.419 e. The second-order valence-electron chi connectivity index (χ2n) is 8.35. The highest BCUT2D eigenvalue weighted by Gasteiger charge is 2.26. The second kappa shape index (κ2) is 8.73. The molecule has 2 aromatic heterocycles. The van der Waals surface area contributed by atoms with Crippen LogP contribution >= 0.6 is 23.2 Å². The molecular weight excluding hydrogens is 435 g/mol. The lowest BCUT2D eigenvalue weighted by Gasteiger charge is -2.30. The number of anilines is 1. The van der Waals surface area contributed by atoms with Gasteiger partial charge in [0.2, 0.25) is 5.89 Å². The van der Waals surface area contributed by atoms with Gasteiger partial charge < -0.3 is 14.2 Å². The Morgan fingerprint density at radius 2 is 1.87 bits per heavy atom. The predicted octanol–water partition coefficient (Wildman–Crippen LogP) is 4.60. The third kappa shape index (κ3) is 4.40. The largest absolute Gasteiger partial charge is 0.419 e. The number of halogens is 2. The quantitative estimate of drug-likeness (QED) is 0.565. The Balaban J connectivity index is 1.40. The molecule has 0 amide bonds. The average molecular weight is 459 g/mol. The van der Waals surface area contributed by atoms with E-state index in [9.17, 15) is 0 Å². The first-order chi connectivity index (χ1) is 15.1. The third-order valence-electron chi connectivity index (χ3n) is 6.13. The van der Waals surface area contributed by atoms with E-state index in [1.165, 1.54) is 0 Å². The lowest BCUT2D eigenvalue weighted by atomic mass is 9.97. The summed E-state index contributed by atoms with van der Waals surface area (Å²) in [6.45, 7) is 3.65. The Hall–Kier alpha value is -2.22. The van der Waals surface area contributed by atoms with Gasteiger partial charge in [0.15, 0.2) is 5.69 Å². The van der Waals surface area contributed by atoms with Crippen LogP contribution in [0, 0.1) is 0 Å². The van der Waals surface area contributed by atoms with Crippen LogP contribution in [0.15, 0.2) is 28.7 Å². The molecule has 1 saturated heterocycles. The van der Waals surface area contributed by atoms with Crippen LogP contribution in [-0.2, 0) is 13.0 Å². The monoisotopic (exact) mass is 458 g/mol. The van der Waals surface area contributed by atoms with Crippen molar-refractivity contribution in [3.63, 3.8) is 0 Å². The lowest BCUT2D eigenvalue weighted by molar-refractivity contribution is 0.237.